The van der Waals surface area contributed by atoms with Gasteiger partial charge in [-0.2, -0.15) is 0 Å². The number of esters is 1. The van der Waals surface area contributed by atoms with Crippen LogP contribution in [0, 0.1) is 0 Å². The molecule has 0 saturated carbocycles. The summed E-state index contributed by atoms with van der Waals surface area (Å²) >= 11 is 0. The second-order valence-electron chi connectivity index (χ2n) is 24.9. The number of nitrogens with one attached hydrogen (secondary N) is 1. The van der Waals surface area contributed by atoms with Gasteiger partial charge in [0.1, 0.15) is 0 Å². The maximum absolute atomic E-state index is 12.5. The quantitative estimate of drug-likeness (QED) is 0.0320. The summed E-state index contributed by atoms with van der Waals surface area (Å²) in [6, 6.07) is -0.627. The van der Waals surface area contributed by atoms with Crippen molar-refractivity contribution in [2.24, 2.45) is 0 Å². The minimum absolute atomic E-state index is 0.00172. The van der Waals surface area contributed by atoms with Gasteiger partial charge in [-0.1, -0.05) is 344 Å². The first kappa shape index (κ1) is 79.6. The number of carbonyl (C=O) groups excluding carboxylic acids is 2. The molecule has 0 aliphatic carbocycles. The van der Waals surface area contributed by atoms with Gasteiger partial charge in [-0.25, -0.2) is 0 Å². The largest absolute Gasteiger partial charge is 0.466 e. The molecule has 0 aromatic carbocycles. The predicted molar refractivity (Wildman–Crippen MR) is 361 cm³/mol. The van der Waals surface area contributed by atoms with E-state index in [0.29, 0.717) is 19.4 Å². The van der Waals surface area contributed by atoms with E-state index in [1.165, 1.54) is 302 Å². The van der Waals surface area contributed by atoms with Crippen LogP contribution in [0.3, 0.4) is 0 Å². The van der Waals surface area contributed by atoms with Gasteiger partial charge in [0.2, 0.25) is 5.91 Å². The number of ether oxygens (including phenoxy) is 1. The minimum atomic E-state index is -0.844. The number of rotatable bonds is 68. The third-order valence-electron chi connectivity index (χ3n) is 16.8. The smallest absolute Gasteiger partial charge is 0.305 e. The molecular weight excluding hydrogens is 1010 g/mol. The molecule has 0 aromatic rings. The van der Waals surface area contributed by atoms with Crippen molar-refractivity contribution in [3.05, 3.63) is 60.8 Å². The SMILES string of the molecule is CCCC/C=C\C/C=C\CCCCCCCC(=O)OCCCCCCCCCCCCC/C=C\C/C=C\CCCCCCCCCCCCCCCCCCCC(=O)NC(CO)C(O)/C=C/CCCCCCCCCCCCCCCC. The summed E-state index contributed by atoms with van der Waals surface area (Å²) in [7, 11) is 0. The average Bonchev–Trinajstić information content (AvgIpc) is 3.48. The fourth-order valence-corrected chi connectivity index (χ4v) is 11.2. The lowest BCUT2D eigenvalue weighted by atomic mass is 10.0. The third-order valence-corrected chi connectivity index (χ3v) is 16.8. The highest BCUT2D eigenvalue weighted by molar-refractivity contribution is 5.76. The number of carbonyl (C=O) groups is 2. The monoisotopic (exact) mass is 1150 g/mol. The molecule has 0 aliphatic rings. The molecule has 0 heterocycles. The zero-order valence-corrected chi connectivity index (χ0v) is 55.0. The molecule has 0 bridgehead atoms. The molecule has 6 heteroatoms. The van der Waals surface area contributed by atoms with E-state index < -0.39 is 12.1 Å². The molecule has 0 fully saturated rings. The van der Waals surface area contributed by atoms with Crippen LogP contribution in [-0.2, 0) is 14.3 Å². The summed E-state index contributed by atoms with van der Waals surface area (Å²) in [5.41, 5.74) is 0. The van der Waals surface area contributed by atoms with Gasteiger partial charge in [0.05, 0.1) is 25.4 Å². The van der Waals surface area contributed by atoms with E-state index in [9.17, 15) is 19.8 Å². The van der Waals surface area contributed by atoms with Crippen LogP contribution in [0.15, 0.2) is 60.8 Å². The Bertz CT molecular complexity index is 1420. The molecule has 2 atom stereocenters. The molecule has 1 amide bonds. The highest BCUT2D eigenvalue weighted by Crippen LogP contribution is 2.18. The number of hydrogen-bond acceptors (Lipinski definition) is 5. The lowest BCUT2D eigenvalue weighted by Gasteiger charge is -2.20. The van der Waals surface area contributed by atoms with E-state index in [1.54, 1.807) is 6.08 Å². The topological polar surface area (TPSA) is 95.9 Å². The van der Waals surface area contributed by atoms with Gasteiger partial charge < -0.3 is 20.3 Å². The fraction of sp³-hybridized carbons (Fsp3) is 0.842. The Morgan fingerprint density at radius 3 is 0.963 bits per heavy atom. The molecule has 0 radical (unpaired) electrons. The van der Waals surface area contributed by atoms with Crippen LogP contribution >= 0.6 is 0 Å². The number of amides is 1. The van der Waals surface area contributed by atoms with Crippen LogP contribution in [-0.4, -0.2) is 47.4 Å². The number of aliphatic hydroxyl groups excluding tert-OH is 2. The van der Waals surface area contributed by atoms with E-state index in [4.69, 9.17) is 4.74 Å². The summed E-state index contributed by atoms with van der Waals surface area (Å²) in [4.78, 5) is 24.5. The van der Waals surface area contributed by atoms with Crippen LogP contribution in [0.2, 0.25) is 0 Å². The van der Waals surface area contributed by atoms with Gasteiger partial charge in [-0.15, -0.1) is 0 Å². The van der Waals surface area contributed by atoms with Crippen molar-refractivity contribution >= 4 is 11.9 Å². The summed E-state index contributed by atoms with van der Waals surface area (Å²) in [5, 5.41) is 23.2. The van der Waals surface area contributed by atoms with E-state index in [2.05, 4.69) is 67.8 Å². The summed E-state index contributed by atoms with van der Waals surface area (Å²) in [5.74, 6) is -0.0620. The highest BCUT2D eigenvalue weighted by atomic mass is 16.5. The van der Waals surface area contributed by atoms with Crippen molar-refractivity contribution in [2.45, 2.75) is 398 Å². The first-order valence-electron chi connectivity index (χ1n) is 36.6. The second-order valence-corrected chi connectivity index (χ2v) is 24.9. The standard InChI is InChI=1S/C76H141NO5/c1-3-5-7-9-11-13-15-17-19-41-44-48-52-56-60-64-68-74(79)73(72-78)77-75(80)69-65-61-57-53-49-45-42-39-37-35-33-31-29-27-25-23-21-20-22-24-26-28-30-32-34-36-38-40-43-47-51-55-59-63-67-71-82-76(81)70-66-62-58-54-50-46-18-16-14-12-10-8-6-4-2/h10,12,16,18,22,24,28,30,64,68,73-74,78-79H,3-9,11,13-15,17,19-21,23,25-27,29,31-63,65-67,69-72H2,1-2H3,(H,77,80)/b12-10-,18-16-,24-22-,30-28-,68-64+. The zero-order valence-electron chi connectivity index (χ0n) is 55.0. The zero-order chi connectivity index (χ0) is 59.2. The Hall–Kier alpha value is -2.44. The minimum Gasteiger partial charge on any atom is -0.466 e. The highest BCUT2D eigenvalue weighted by Gasteiger charge is 2.18. The van der Waals surface area contributed by atoms with E-state index in [1.807, 2.05) is 6.08 Å². The Balaban J connectivity index is 3.39. The van der Waals surface area contributed by atoms with Crippen LogP contribution in [0.1, 0.15) is 386 Å². The normalized spacial score (nSPS) is 12.9. The molecule has 0 spiro atoms. The molecule has 82 heavy (non-hydrogen) atoms. The van der Waals surface area contributed by atoms with Gasteiger partial charge in [-0.3, -0.25) is 9.59 Å². The first-order valence-corrected chi connectivity index (χ1v) is 36.6. The summed E-state index contributed by atoms with van der Waals surface area (Å²) < 4.78 is 5.48. The third kappa shape index (κ3) is 66.7. The molecular formula is C76H141NO5. The maximum atomic E-state index is 12.5. The van der Waals surface area contributed by atoms with E-state index in [0.717, 1.165) is 57.8 Å². The Morgan fingerprint density at radius 1 is 0.341 bits per heavy atom. The summed E-state index contributed by atoms with van der Waals surface area (Å²) in [6.45, 7) is 4.88. The fourth-order valence-electron chi connectivity index (χ4n) is 11.2. The molecule has 6 nitrogen and oxygen atoms in total. The number of hydrogen-bond donors (Lipinski definition) is 3. The number of aliphatic hydroxyl groups is 2. The molecule has 0 rings (SSSR count). The van der Waals surface area contributed by atoms with Crippen molar-refractivity contribution in [1.82, 2.24) is 5.32 Å². The lowest BCUT2D eigenvalue weighted by Crippen LogP contribution is -2.45. The van der Waals surface area contributed by atoms with E-state index in [-0.39, 0.29) is 18.5 Å². The second kappa shape index (κ2) is 71.0. The Morgan fingerprint density at radius 2 is 0.622 bits per heavy atom. The van der Waals surface area contributed by atoms with Gasteiger partial charge >= 0.3 is 5.97 Å². The molecule has 480 valence electrons. The van der Waals surface area contributed by atoms with Crippen LogP contribution in [0.4, 0.5) is 0 Å². The average molecular weight is 1150 g/mol. The molecule has 2 unspecified atom stereocenters. The van der Waals surface area contributed by atoms with Crippen molar-refractivity contribution in [3.63, 3.8) is 0 Å². The van der Waals surface area contributed by atoms with Gasteiger partial charge in [-0.05, 0) is 89.9 Å². The van der Waals surface area contributed by atoms with E-state index >= 15 is 0 Å². The van der Waals surface area contributed by atoms with Gasteiger partial charge in [0.25, 0.3) is 0 Å². The predicted octanol–water partition coefficient (Wildman–Crippen LogP) is 23.8. The first-order chi connectivity index (χ1) is 40.5. The maximum Gasteiger partial charge on any atom is 0.305 e. The summed E-state index contributed by atoms with van der Waals surface area (Å²) in [6.07, 6.45) is 94.6. The van der Waals surface area contributed by atoms with Crippen molar-refractivity contribution < 1.29 is 24.5 Å². The lowest BCUT2D eigenvalue weighted by molar-refractivity contribution is -0.143. The molecule has 3 N–H and O–H groups in total. The van der Waals surface area contributed by atoms with Gasteiger partial charge in [0.15, 0.2) is 0 Å². The molecule has 0 aliphatic heterocycles. The van der Waals surface area contributed by atoms with Crippen molar-refractivity contribution in [3.8, 4) is 0 Å². The Kier molecular flexibility index (Phi) is 68.9. The van der Waals surface area contributed by atoms with Crippen LogP contribution in [0.25, 0.3) is 0 Å². The Labute approximate surface area is 511 Å². The molecule has 0 saturated heterocycles. The van der Waals surface area contributed by atoms with Crippen LogP contribution < -0.4 is 5.32 Å². The van der Waals surface area contributed by atoms with Crippen molar-refractivity contribution in [2.75, 3.05) is 13.2 Å². The van der Waals surface area contributed by atoms with Crippen molar-refractivity contribution in [1.29, 1.82) is 0 Å². The van der Waals surface area contributed by atoms with Gasteiger partial charge in [0, 0.05) is 12.8 Å². The number of unbranched alkanes of at least 4 members (excludes halogenated alkanes) is 49. The van der Waals surface area contributed by atoms with Crippen LogP contribution in [0.5, 0.6) is 0 Å². The number of allylic oxidation sites excluding steroid dienone is 9. The molecule has 0 aromatic heterocycles.